The van der Waals surface area contributed by atoms with Gasteiger partial charge in [-0.15, -0.1) is 0 Å². The van der Waals surface area contributed by atoms with Crippen LogP contribution < -0.4 is 10.1 Å². The fourth-order valence-corrected chi connectivity index (χ4v) is 3.69. The highest BCUT2D eigenvalue weighted by Gasteiger charge is 2.27. The van der Waals surface area contributed by atoms with Gasteiger partial charge in [0.25, 0.3) is 0 Å². The van der Waals surface area contributed by atoms with Crippen LogP contribution in [-0.4, -0.2) is 20.2 Å². The van der Waals surface area contributed by atoms with Gasteiger partial charge in [0.2, 0.25) is 0 Å². The summed E-state index contributed by atoms with van der Waals surface area (Å²) < 4.78 is 6.38. The predicted octanol–water partition coefficient (Wildman–Crippen LogP) is 4.20. The molecule has 1 aliphatic heterocycles. The minimum absolute atomic E-state index is 0.672. The third kappa shape index (κ3) is 3.73. The standard InChI is InChI=1S/C16H24BrNO/c1-11(2)8-13-10-18-7-6-14(13)12-4-5-16(19-3)15(17)9-12/h4-5,9,11,13-14,18H,6-8,10H2,1-3H3. The maximum atomic E-state index is 5.32. The van der Waals surface area contributed by atoms with Crippen molar-refractivity contribution in [3.63, 3.8) is 0 Å². The van der Waals surface area contributed by atoms with Crippen molar-refractivity contribution in [2.24, 2.45) is 11.8 Å². The van der Waals surface area contributed by atoms with E-state index in [4.69, 9.17) is 4.74 Å². The van der Waals surface area contributed by atoms with Gasteiger partial charge in [0.15, 0.2) is 0 Å². The van der Waals surface area contributed by atoms with Gasteiger partial charge in [-0.2, -0.15) is 0 Å². The quantitative estimate of drug-likeness (QED) is 0.895. The molecule has 3 heteroatoms. The van der Waals surface area contributed by atoms with Crippen LogP contribution in [0.4, 0.5) is 0 Å². The van der Waals surface area contributed by atoms with Crippen LogP contribution in [0.1, 0.15) is 38.2 Å². The molecule has 2 nitrogen and oxygen atoms in total. The number of benzene rings is 1. The third-order valence-electron chi connectivity index (χ3n) is 3.99. The fourth-order valence-electron chi connectivity index (χ4n) is 3.13. The van der Waals surface area contributed by atoms with E-state index in [1.54, 1.807) is 7.11 Å². The Morgan fingerprint density at radius 3 is 2.84 bits per heavy atom. The van der Waals surface area contributed by atoms with Gasteiger partial charge in [0, 0.05) is 0 Å². The van der Waals surface area contributed by atoms with Crippen molar-refractivity contribution < 1.29 is 4.74 Å². The van der Waals surface area contributed by atoms with E-state index in [1.807, 2.05) is 0 Å². The van der Waals surface area contributed by atoms with Gasteiger partial charge in [0.1, 0.15) is 5.75 Å². The second-order valence-corrected chi connectivity index (χ2v) is 6.74. The molecule has 1 aliphatic rings. The molecule has 1 saturated heterocycles. The molecule has 0 saturated carbocycles. The Morgan fingerprint density at radius 1 is 1.42 bits per heavy atom. The molecule has 1 heterocycles. The van der Waals surface area contributed by atoms with E-state index in [2.05, 4.69) is 53.3 Å². The summed E-state index contributed by atoms with van der Waals surface area (Å²) in [6, 6.07) is 6.54. The van der Waals surface area contributed by atoms with E-state index >= 15 is 0 Å². The minimum atomic E-state index is 0.672. The molecule has 19 heavy (non-hydrogen) atoms. The van der Waals surface area contributed by atoms with Crippen LogP contribution in [0, 0.1) is 11.8 Å². The largest absolute Gasteiger partial charge is 0.496 e. The zero-order chi connectivity index (χ0) is 13.8. The fraction of sp³-hybridized carbons (Fsp3) is 0.625. The molecule has 1 aromatic carbocycles. The van der Waals surface area contributed by atoms with Crippen molar-refractivity contribution in [2.45, 2.75) is 32.6 Å². The SMILES string of the molecule is COc1ccc(C2CCNCC2CC(C)C)cc1Br. The normalized spacial score (nSPS) is 23.6. The Labute approximate surface area is 125 Å². The average molecular weight is 326 g/mol. The Morgan fingerprint density at radius 2 is 2.21 bits per heavy atom. The molecule has 2 atom stereocenters. The summed E-state index contributed by atoms with van der Waals surface area (Å²) in [5.41, 5.74) is 1.44. The molecule has 1 N–H and O–H groups in total. The summed E-state index contributed by atoms with van der Waals surface area (Å²) in [5, 5.41) is 3.54. The van der Waals surface area contributed by atoms with Crippen LogP contribution in [0.25, 0.3) is 0 Å². The lowest BCUT2D eigenvalue weighted by Gasteiger charge is -2.34. The minimum Gasteiger partial charge on any atom is -0.496 e. The van der Waals surface area contributed by atoms with Crippen LogP contribution in [-0.2, 0) is 0 Å². The van der Waals surface area contributed by atoms with Crippen LogP contribution in [0.3, 0.4) is 0 Å². The Kier molecular flexibility index (Phi) is 5.28. The maximum Gasteiger partial charge on any atom is 0.133 e. The third-order valence-corrected chi connectivity index (χ3v) is 4.61. The topological polar surface area (TPSA) is 21.3 Å². The zero-order valence-corrected chi connectivity index (χ0v) is 13.7. The van der Waals surface area contributed by atoms with E-state index < -0.39 is 0 Å². The molecule has 2 rings (SSSR count). The first kappa shape index (κ1) is 14.9. The van der Waals surface area contributed by atoms with Gasteiger partial charge in [-0.05, 0) is 77.3 Å². The Hall–Kier alpha value is -0.540. The van der Waals surface area contributed by atoms with Crippen molar-refractivity contribution in [3.05, 3.63) is 28.2 Å². The van der Waals surface area contributed by atoms with Gasteiger partial charge < -0.3 is 10.1 Å². The summed E-state index contributed by atoms with van der Waals surface area (Å²) in [5.74, 6) is 3.09. The number of halogens is 1. The number of nitrogens with one attached hydrogen (secondary N) is 1. The molecular weight excluding hydrogens is 302 g/mol. The second kappa shape index (κ2) is 6.76. The lowest BCUT2D eigenvalue weighted by molar-refractivity contribution is 0.280. The molecular formula is C16H24BrNO. The van der Waals surface area contributed by atoms with Crippen molar-refractivity contribution in [2.75, 3.05) is 20.2 Å². The van der Waals surface area contributed by atoms with Crippen LogP contribution >= 0.6 is 15.9 Å². The van der Waals surface area contributed by atoms with E-state index in [0.29, 0.717) is 5.92 Å². The van der Waals surface area contributed by atoms with Gasteiger partial charge in [0.05, 0.1) is 11.6 Å². The van der Waals surface area contributed by atoms with Gasteiger partial charge in [-0.25, -0.2) is 0 Å². The second-order valence-electron chi connectivity index (χ2n) is 5.88. The Balaban J connectivity index is 2.19. The smallest absolute Gasteiger partial charge is 0.133 e. The first-order valence-corrected chi connectivity index (χ1v) is 7.95. The van der Waals surface area contributed by atoms with E-state index in [9.17, 15) is 0 Å². The summed E-state index contributed by atoms with van der Waals surface area (Å²) >= 11 is 3.60. The highest BCUT2D eigenvalue weighted by atomic mass is 79.9. The zero-order valence-electron chi connectivity index (χ0n) is 12.1. The van der Waals surface area contributed by atoms with Crippen molar-refractivity contribution in [1.82, 2.24) is 5.32 Å². The lowest BCUT2D eigenvalue weighted by atomic mass is 9.77. The molecule has 0 amide bonds. The highest BCUT2D eigenvalue weighted by Crippen LogP contribution is 2.37. The average Bonchev–Trinajstić information content (AvgIpc) is 2.38. The predicted molar refractivity (Wildman–Crippen MR) is 83.9 cm³/mol. The summed E-state index contributed by atoms with van der Waals surface area (Å²) in [4.78, 5) is 0. The van der Waals surface area contributed by atoms with Crippen molar-refractivity contribution in [1.29, 1.82) is 0 Å². The highest BCUT2D eigenvalue weighted by molar-refractivity contribution is 9.10. The molecule has 0 bridgehead atoms. The van der Waals surface area contributed by atoms with Crippen molar-refractivity contribution >= 4 is 15.9 Å². The molecule has 0 aromatic heterocycles. The van der Waals surface area contributed by atoms with E-state index in [-0.39, 0.29) is 0 Å². The number of methoxy groups -OCH3 is 1. The first-order chi connectivity index (χ1) is 9.11. The molecule has 0 aliphatic carbocycles. The number of hydrogen-bond acceptors (Lipinski definition) is 2. The van der Waals surface area contributed by atoms with Crippen LogP contribution in [0.5, 0.6) is 5.75 Å². The summed E-state index contributed by atoms with van der Waals surface area (Å²) in [7, 11) is 1.71. The Bertz CT molecular complexity index is 419. The van der Waals surface area contributed by atoms with Crippen LogP contribution in [0.15, 0.2) is 22.7 Å². The molecule has 0 radical (unpaired) electrons. The number of hydrogen-bond donors (Lipinski definition) is 1. The number of piperidine rings is 1. The summed E-state index contributed by atoms with van der Waals surface area (Å²) in [6.45, 7) is 6.90. The van der Waals surface area contributed by atoms with E-state index in [1.165, 1.54) is 18.4 Å². The van der Waals surface area contributed by atoms with Crippen LogP contribution in [0.2, 0.25) is 0 Å². The molecule has 1 aromatic rings. The molecule has 106 valence electrons. The lowest BCUT2D eigenvalue weighted by Crippen LogP contribution is -2.36. The number of rotatable bonds is 4. The monoisotopic (exact) mass is 325 g/mol. The first-order valence-electron chi connectivity index (χ1n) is 7.16. The van der Waals surface area contributed by atoms with Gasteiger partial charge in [-0.1, -0.05) is 19.9 Å². The molecule has 1 fully saturated rings. The van der Waals surface area contributed by atoms with E-state index in [0.717, 1.165) is 35.1 Å². The molecule has 0 spiro atoms. The van der Waals surface area contributed by atoms with Gasteiger partial charge in [-0.3, -0.25) is 0 Å². The van der Waals surface area contributed by atoms with Crippen molar-refractivity contribution in [3.8, 4) is 5.75 Å². The van der Waals surface area contributed by atoms with Gasteiger partial charge >= 0.3 is 0 Å². The number of ether oxygens (including phenoxy) is 1. The summed E-state index contributed by atoms with van der Waals surface area (Å²) in [6.07, 6.45) is 2.53. The maximum absolute atomic E-state index is 5.32. The molecule has 2 unspecified atom stereocenters.